The van der Waals surface area contributed by atoms with Gasteiger partial charge in [0.05, 0.1) is 19.6 Å². The average molecular weight is 449 g/mol. The van der Waals surface area contributed by atoms with E-state index in [0.717, 1.165) is 11.1 Å². The van der Waals surface area contributed by atoms with Crippen molar-refractivity contribution in [1.82, 2.24) is 0 Å². The maximum Gasteiger partial charge on any atom is 0.206 e. The second kappa shape index (κ2) is 8.49. The van der Waals surface area contributed by atoms with Crippen molar-refractivity contribution in [2.45, 2.75) is 26.0 Å². The summed E-state index contributed by atoms with van der Waals surface area (Å²) in [5.74, 6) is 0. The lowest BCUT2D eigenvalue weighted by atomic mass is 10.1. The molecule has 0 unspecified atom stereocenters. The average Bonchev–Trinajstić information content (AvgIpc) is 2.81. The summed E-state index contributed by atoms with van der Waals surface area (Å²) >= 11 is 0. The first-order valence-electron chi connectivity index (χ1n) is 9.65. The summed E-state index contributed by atoms with van der Waals surface area (Å²) in [6.45, 7) is 0. The van der Waals surface area contributed by atoms with Crippen LogP contribution in [0.1, 0.15) is 11.1 Å². The van der Waals surface area contributed by atoms with Gasteiger partial charge in [-0.2, -0.15) is 0 Å². The van der Waals surface area contributed by atoms with E-state index in [4.69, 9.17) is 0 Å². The summed E-state index contributed by atoms with van der Waals surface area (Å²) in [5, 5.41) is 0. The molecule has 31 heavy (non-hydrogen) atoms. The lowest BCUT2D eigenvalue weighted by molar-refractivity contribution is 0.594. The summed E-state index contributed by atoms with van der Waals surface area (Å²) in [6, 6.07) is 30.2. The molecule has 0 fully saturated rings. The van der Waals surface area contributed by atoms with Crippen molar-refractivity contribution in [2.75, 3.05) is 0 Å². The molecule has 0 aromatic heterocycles. The van der Waals surface area contributed by atoms with Gasteiger partial charge in [-0.1, -0.05) is 60.7 Å². The van der Waals surface area contributed by atoms with Crippen molar-refractivity contribution >= 4 is 19.7 Å². The van der Waals surface area contributed by atoms with Crippen LogP contribution in [0.15, 0.2) is 129 Å². The lowest BCUT2D eigenvalue weighted by Crippen LogP contribution is -2.02. The maximum absolute atomic E-state index is 12.7. The number of benzene rings is 4. The monoisotopic (exact) mass is 448 g/mol. The van der Waals surface area contributed by atoms with E-state index >= 15 is 0 Å². The van der Waals surface area contributed by atoms with Crippen LogP contribution in [0, 0.1) is 0 Å². The molecular formula is C25H20O4S2. The zero-order valence-corrected chi connectivity index (χ0v) is 18.2. The van der Waals surface area contributed by atoms with Gasteiger partial charge >= 0.3 is 0 Å². The Labute approximate surface area is 182 Å². The minimum absolute atomic E-state index is 0.242. The number of hydrogen-bond donors (Lipinski definition) is 0. The third kappa shape index (κ3) is 4.45. The molecule has 0 heterocycles. The molecule has 0 aliphatic heterocycles. The van der Waals surface area contributed by atoms with Crippen molar-refractivity contribution in [2.24, 2.45) is 0 Å². The molecule has 0 bridgehead atoms. The highest BCUT2D eigenvalue weighted by molar-refractivity contribution is 7.91. The maximum atomic E-state index is 12.7. The molecule has 0 aliphatic carbocycles. The molecule has 4 nitrogen and oxygen atoms in total. The fourth-order valence-electron chi connectivity index (χ4n) is 3.28. The predicted octanol–water partition coefficient (Wildman–Crippen LogP) is 4.94. The first-order chi connectivity index (χ1) is 14.9. The lowest BCUT2D eigenvalue weighted by Gasteiger charge is -2.08. The fraction of sp³-hybridized carbons (Fsp3) is 0.0400. The third-order valence-corrected chi connectivity index (χ3v) is 8.55. The highest BCUT2D eigenvalue weighted by Gasteiger charge is 2.18. The van der Waals surface area contributed by atoms with Crippen molar-refractivity contribution in [1.29, 1.82) is 0 Å². The van der Waals surface area contributed by atoms with E-state index in [0.29, 0.717) is 6.42 Å². The molecule has 0 saturated carbocycles. The van der Waals surface area contributed by atoms with E-state index in [1.165, 1.54) is 0 Å². The number of hydrogen-bond acceptors (Lipinski definition) is 4. The zero-order valence-electron chi connectivity index (χ0n) is 16.5. The number of sulfone groups is 2. The van der Waals surface area contributed by atoms with Crippen molar-refractivity contribution in [3.8, 4) is 0 Å². The molecule has 4 rings (SSSR count). The summed E-state index contributed by atoms with van der Waals surface area (Å²) in [4.78, 5) is 1.01. The largest absolute Gasteiger partial charge is 0.219 e. The van der Waals surface area contributed by atoms with E-state index in [1.807, 2.05) is 0 Å². The molecule has 0 aliphatic rings. The van der Waals surface area contributed by atoms with E-state index in [-0.39, 0.29) is 19.6 Å². The summed E-state index contributed by atoms with van der Waals surface area (Å²) in [7, 11) is -7.09. The molecule has 0 atom stereocenters. The Morgan fingerprint density at radius 2 is 0.677 bits per heavy atom. The van der Waals surface area contributed by atoms with Crippen molar-refractivity contribution in [3.63, 3.8) is 0 Å². The topological polar surface area (TPSA) is 68.3 Å². The molecule has 0 saturated heterocycles. The first-order valence-corrected chi connectivity index (χ1v) is 12.6. The minimum atomic E-state index is -3.54. The van der Waals surface area contributed by atoms with Gasteiger partial charge in [0.1, 0.15) is 0 Å². The van der Waals surface area contributed by atoms with Gasteiger partial charge in [-0.3, -0.25) is 0 Å². The van der Waals surface area contributed by atoms with Crippen LogP contribution in [-0.4, -0.2) is 16.8 Å². The van der Waals surface area contributed by atoms with Gasteiger partial charge in [0.2, 0.25) is 19.7 Å². The minimum Gasteiger partial charge on any atom is -0.219 e. The van der Waals surface area contributed by atoms with Crippen LogP contribution in [0.4, 0.5) is 0 Å². The molecule has 0 spiro atoms. The van der Waals surface area contributed by atoms with Gasteiger partial charge < -0.3 is 0 Å². The van der Waals surface area contributed by atoms with Gasteiger partial charge in [-0.25, -0.2) is 16.8 Å². The summed E-state index contributed by atoms with van der Waals surface area (Å²) < 4.78 is 50.8. The van der Waals surface area contributed by atoms with Gasteiger partial charge in [0, 0.05) is 0 Å². The van der Waals surface area contributed by atoms with Crippen molar-refractivity contribution < 1.29 is 16.8 Å². The van der Waals surface area contributed by atoms with Crippen LogP contribution in [-0.2, 0) is 26.1 Å². The number of rotatable bonds is 6. The summed E-state index contributed by atoms with van der Waals surface area (Å²) in [5.41, 5.74) is 1.87. The Morgan fingerprint density at radius 1 is 0.387 bits per heavy atom. The van der Waals surface area contributed by atoms with E-state index in [2.05, 4.69) is 0 Å². The van der Waals surface area contributed by atoms with Gasteiger partial charge in [-0.05, 0) is 66.1 Å². The Kier molecular flexibility index (Phi) is 5.76. The highest BCUT2D eigenvalue weighted by Crippen LogP contribution is 2.23. The van der Waals surface area contributed by atoms with Gasteiger partial charge in [-0.15, -0.1) is 0 Å². The van der Waals surface area contributed by atoms with Crippen LogP contribution in [0.2, 0.25) is 0 Å². The Hall–Kier alpha value is -3.22. The molecule has 4 aromatic carbocycles. The van der Waals surface area contributed by atoms with Crippen LogP contribution in [0.5, 0.6) is 0 Å². The third-order valence-electron chi connectivity index (χ3n) is 4.98. The van der Waals surface area contributed by atoms with Crippen LogP contribution >= 0.6 is 0 Å². The molecule has 4 aromatic rings. The van der Waals surface area contributed by atoms with Gasteiger partial charge in [0.15, 0.2) is 0 Å². The smallest absolute Gasteiger partial charge is 0.206 e. The Balaban J connectivity index is 1.52. The standard InChI is InChI=1S/C25H20O4S2/c26-30(27,22-7-3-1-4-8-22)24-15-11-20(12-16-24)19-21-13-17-25(18-14-21)31(28,29)23-9-5-2-6-10-23/h1-18H,19H2. The normalized spacial score (nSPS) is 11.9. The van der Waals surface area contributed by atoms with Crippen molar-refractivity contribution in [3.05, 3.63) is 120 Å². The second-order valence-corrected chi connectivity index (χ2v) is 11.0. The van der Waals surface area contributed by atoms with Crippen LogP contribution in [0.25, 0.3) is 0 Å². The van der Waals surface area contributed by atoms with Crippen LogP contribution < -0.4 is 0 Å². The molecular weight excluding hydrogens is 428 g/mol. The van der Waals surface area contributed by atoms with E-state index in [9.17, 15) is 16.8 Å². The molecule has 0 amide bonds. The quantitative estimate of drug-likeness (QED) is 0.419. The van der Waals surface area contributed by atoms with E-state index < -0.39 is 19.7 Å². The highest BCUT2D eigenvalue weighted by atomic mass is 32.2. The zero-order chi connectivity index (χ0) is 21.9. The molecule has 0 N–H and O–H groups in total. The predicted molar refractivity (Wildman–Crippen MR) is 119 cm³/mol. The fourth-order valence-corrected chi connectivity index (χ4v) is 5.84. The van der Waals surface area contributed by atoms with E-state index in [1.54, 1.807) is 109 Å². The molecule has 6 heteroatoms. The molecule has 0 radical (unpaired) electrons. The molecule has 156 valence electrons. The summed E-state index contributed by atoms with van der Waals surface area (Å²) in [6.07, 6.45) is 0.567. The Bertz CT molecular complexity index is 1270. The Morgan fingerprint density at radius 3 is 1.00 bits per heavy atom. The second-order valence-electron chi connectivity index (χ2n) is 7.10. The SMILES string of the molecule is O=S(=O)(c1ccccc1)c1ccc(Cc2ccc(S(=O)(=O)c3ccccc3)cc2)cc1. The first kappa shape index (κ1) is 21.0. The van der Waals surface area contributed by atoms with Gasteiger partial charge in [0.25, 0.3) is 0 Å². The van der Waals surface area contributed by atoms with Crippen LogP contribution in [0.3, 0.4) is 0 Å².